The first-order valence-corrected chi connectivity index (χ1v) is 9.92. The molecule has 152 valence electrons. The van der Waals surface area contributed by atoms with Gasteiger partial charge in [-0.3, -0.25) is 0 Å². The molecule has 1 nitrogen and oxygen atoms in total. The highest BCUT2D eigenvalue weighted by molar-refractivity contribution is 5.84. The summed E-state index contributed by atoms with van der Waals surface area (Å²) in [6.45, 7) is 4.01. The zero-order chi connectivity index (χ0) is 20.9. The summed E-state index contributed by atoms with van der Waals surface area (Å²) in [6.07, 6.45) is 3.85. The van der Waals surface area contributed by atoms with Crippen LogP contribution in [0.4, 0.5) is 13.2 Å². The van der Waals surface area contributed by atoms with Crippen LogP contribution < -0.4 is 4.74 Å². The van der Waals surface area contributed by atoms with Crippen molar-refractivity contribution in [1.82, 2.24) is 0 Å². The number of fused-ring (bicyclic) bond motifs is 1. The van der Waals surface area contributed by atoms with E-state index in [1.54, 1.807) is 12.1 Å². The molecule has 0 aliphatic carbocycles. The zero-order valence-corrected chi connectivity index (χ0v) is 16.7. The Labute approximate surface area is 169 Å². The minimum Gasteiger partial charge on any atom is -0.426 e. The molecule has 3 aromatic rings. The number of aryl methyl sites for hydroxylation is 2. The predicted molar refractivity (Wildman–Crippen MR) is 112 cm³/mol. The molecule has 0 fully saturated rings. The molecular weight excluding hydrogens is 373 g/mol. The van der Waals surface area contributed by atoms with Crippen molar-refractivity contribution in [1.29, 1.82) is 0 Å². The lowest BCUT2D eigenvalue weighted by atomic mass is 10.0. The van der Waals surface area contributed by atoms with E-state index < -0.39 is 17.7 Å². The van der Waals surface area contributed by atoms with Crippen molar-refractivity contribution in [3.63, 3.8) is 0 Å². The van der Waals surface area contributed by atoms with Crippen LogP contribution in [0.1, 0.15) is 43.4 Å². The molecule has 4 heteroatoms. The van der Waals surface area contributed by atoms with Crippen LogP contribution in [0.25, 0.3) is 10.8 Å². The maximum Gasteiger partial charge on any atom is 0.426 e. The first-order valence-electron chi connectivity index (χ1n) is 9.92. The number of alkyl halides is 2. The number of benzene rings is 3. The molecule has 0 saturated carbocycles. The van der Waals surface area contributed by atoms with E-state index >= 15 is 0 Å². The van der Waals surface area contributed by atoms with Gasteiger partial charge in [-0.15, -0.1) is 0 Å². The Bertz CT molecular complexity index is 991. The van der Waals surface area contributed by atoms with Crippen molar-refractivity contribution in [3.8, 4) is 5.75 Å². The number of allylic oxidation sites excluding steroid dienone is 2. The van der Waals surface area contributed by atoms with E-state index in [2.05, 4.69) is 6.92 Å². The van der Waals surface area contributed by atoms with Crippen LogP contribution in [0, 0.1) is 5.82 Å². The normalized spacial score (nSPS) is 12.0. The summed E-state index contributed by atoms with van der Waals surface area (Å²) in [5.41, 5.74) is 1.75. The lowest BCUT2D eigenvalue weighted by Gasteiger charge is -2.19. The van der Waals surface area contributed by atoms with Gasteiger partial charge >= 0.3 is 6.11 Å². The van der Waals surface area contributed by atoms with Crippen molar-refractivity contribution in [3.05, 3.63) is 89.3 Å². The van der Waals surface area contributed by atoms with Crippen molar-refractivity contribution >= 4 is 10.8 Å². The minimum absolute atomic E-state index is 0.301. The summed E-state index contributed by atoms with van der Waals surface area (Å²) in [5.74, 6) is -1.25. The average molecular weight is 398 g/mol. The molecule has 0 spiro atoms. The largest absolute Gasteiger partial charge is 0.426 e. The van der Waals surface area contributed by atoms with Gasteiger partial charge < -0.3 is 4.74 Å². The third-order valence-corrected chi connectivity index (χ3v) is 4.86. The molecule has 0 amide bonds. The van der Waals surface area contributed by atoms with Crippen molar-refractivity contribution in [2.75, 3.05) is 0 Å². The van der Waals surface area contributed by atoms with Crippen LogP contribution >= 0.6 is 0 Å². The Hall–Kier alpha value is -2.75. The highest BCUT2D eigenvalue weighted by Gasteiger charge is 2.35. The summed E-state index contributed by atoms with van der Waals surface area (Å²) in [4.78, 5) is 0. The zero-order valence-electron chi connectivity index (χ0n) is 16.7. The molecule has 0 saturated heterocycles. The number of hydrogen-bond donors (Lipinski definition) is 0. The first-order chi connectivity index (χ1) is 13.9. The second-order valence-corrected chi connectivity index (χ2v) is 7.14. The molecular formula is C25H25F3O. The van der Waals surface area contributed by atoms with Gasteiger partial charge in [-0.1, -0.05) is 55.8 Å². The fourth-order valence-corrected chi connectivity index (χ4v) is 3.30. The van der Waals surface area contributed by atoms with Gasteiger partial charge in [-0.05, 0) is 72.4 Å². The van der Waals surface area contributed by atoms with Crippen LogP contribution in [-0.4, -0.2) is 0 Å². The van der Waals surface area contributed by atoms with Crippen molar-refractivity contribution in [2.45, 2.75) is 45.6 Å². The summed E-state index contributed by atoms with van der Waals surface area (Å²) in [7, 11) is 0. The highest BCUT2D eigenvalue weighted by Crippen LogP contribution is 2.35. The van der Waals surface area contributed by atoms with Gasteiger partial charge in [0.05, 0.1) is 5.56 Å². The molecule has 0 radical (unpaired) electrons. The summed E-state index contributed by atoms with van der Waals surface area (Å²) >= 11 is 0. The van der Waals surface area contributed by atoms with Gasteiger partial charge in [0.1, 0.15) is 0 Å². The van der Waals surface area contributed by atoms with E-state index in [1.165, 1.54) is 24.3 Å². The quantitative estimate of drug-likeness (QED) is 0.356. The van der Waals surface area contributed by atoms with Crippen LogP contribution in [0.5, 0.6) is 5.75 Å². The third kappa shape index (κ3) is 5.20. The number of hydrogen-bond acceptors (Lipinski definition) is 1. The van der Waals surface area contributed by atoms with Crippen LogP contribution in [0.15, 0.2) is 66.7 Å². The molecule has 29 heavy (non-hydrogen) atoms. The Morgan fingerprint density at radius 1 is 0.897 bits per heavy atom. The smallest absolute Gasteiger partial charge is 0.426 e. The first kappa shape index (κ1) is 21.0. The summed E-state index contributed by atoms with van der Waals surface area (Å²) < 4.78 is 48.5. The number of ether oxygens (including phenoxy) is 1. The van der Waals surface area contributed by atoms with Gasteiger partial charge in [0.25, 0.3) is 0 Å². The van der Waals surface area contributed by atoms with Gasteiger partial charge in [0, 0.05) is 0 Å². The molecule has 0 N–H and O–H groups in total. The molecule has 0 aliphatic rings. The fraction of sp³-hybridized carbons (Fsp3) is 0.280. The maximum atomic E-state index is 14.6. The lowest BCUT2D eigenvalue weighted by Crippen LogP contribution is -2.22. The van der Waals surface area contributed by atoms with E-state index in [4.69, 9.17) is 4.74 Å². The Kier molecular flexibility index (Phi) is 6.63. The van der Waals surface area contributed by atoms with Crippen molar-refractivity contribution < 1.29 is 17.9 Å². The van der Waals surface area contributed by atoms with Gasteiger partial charge in [-0.25, -0.2) is 4.39 Å². The van der Waals surface area contributed by atoms with Gasteiger partial charge in [-0.2, -0.15) is 8.78 Å². The van der Waals surface area contributed by atoms with E-state index in [0.29, 0.717) is 10.8 Å². The SMILES string of the molecule is C/C=C/CCc1ccc(C(F)(F)Oc2cc3ccc(CCC)cc3cc2F)cc1. The predicted octanol–water partition coefficient (Wildman–Crippen LogP) is 7.57. The van der Waals surface area contributed by atoms with E-state index in [-0.39, 0.29) is 5.56 Å². The molecule has 0 unspecified atom stereocenters. The average Bonchev–Trinajstić information content (AvgIpc) is 2.69. The Morgan fingerprint density at radius 2 is 1.62 bits per heavy atom. The Balaban J connectivity index is 1.80. The highest BCUT2D eigenvalue weighted by atomic mass is 19.3. The van der Waals surface area contributed by atoms with Gasteiger partial charge in [0.2, 0.25) is 0 Å². The molecule has 0 heterocycles. The van der Waals surface area contributed by atoms with E-state index in [0.717, 1.165) is 36.8 Å². The molecule has 0 aliphatic heterocycles. The van der Waals surface area contributed by atoms with Crippen LogP contribution in [-0.2, 0) is 19.0 Å². The maximum absolute atomic E-state index is 14.6. The van der Waals surface area contributed by atoms with Crippen LogP contribution in [0.3, 0.4) is 0 Å². The lowest BCUT2D eigenvalue weighted by molar-refractivity contribution is -0.186. The number of halogens is 3. The second kappa shape index (κ2) is 9.17. The molecule has 0 aromatic heterocycles. The van der Waals surface area contributed by atoms with Crippen molar-refractivity contribution in [2.24, 2.45) is 0 Å². The van der Waals surface area contributed by atoms with E-state index in [1.807, 2.05) is 37.3 Å². The van der Waals surface area contributed by atoms with E-state index in [9.17, 15) is 13.2 Å². The molecule has 3 aromatic carbocycles. The number of rotatable bonds is 8. The van der Waals surface area contributed by atoms with Crippen LogP contribution in [0.2, 0.25) is 0 Å². The summed E-state index contributed by atoms with van der Waals surface area (Å²) in [6, 6.07) is 14.2. The van der Waals surface area contributed by atoms with Gasteiger partial charge in [0.15, 0.2) is 11.6 Å². The third-order valence-electron chi connectivity index (χ3n) is 4.86. The second-order valence-electron chi connectivity index (χ2n) is 7.14. The molecule has 3 rings (SSSR count). The standard InChI is InChI=1S/C25H25F3O/c1-3-5-6-8-18-10-13-22(14-11-18)25(27,28)29-24-17-20-12-9-19(7-4-2)15-21(20)16-23(24)26/h3,5,9-17H,4,6-8H2,1-2H3/b5-3+. The fourth-order valence-electron chi connectivity index (χ4n) is 3.30. The Morgan fingerprint density at radius 3 is 2.31 bits per heavy atom. The summed E-state index contributed by atoms with van der Waals surface area (Å²) in [5, 5.41) is 1.34. The minimum atomic E-state index is -3.63. The molecule has 0 bridgehead atoms. The monoisotopic (exact) mass is 398 g/mol. The topological polar surface area (TPSA) is 9.23 Å². The molecule has 0 atom stereocenters.